The summed E-state index contributed by atoms with van der Waals surface area (Å²) in [5.74, 6) is 0.916. The number of thiazole rings is 1. The quantitative estimate of drug-likeness (QED) is 0.889. The van der Waals surface area contributed by atoms with Crippen molar-refractivity contribution in [3.8, 4) is 11.5 Å². The topological polar surface area (TPSA) is 42.4 Å². The minimum atomic E-state index is 0.232. The largest absolute Gasteiger partial charge is 0.508 e. The fraction of sp³-hybridized carbons (Fsp3) is 0.250. The van der Waals surface area contributed by atoms with Gasteiger partial charge in [0.1, 0.15) is 18.1 Å². The van der Waals surface area contributed by atoms with Gasteiger partial charge in [-0.2, -0.15) is 0 Å². The molecule has 1 heterocycles. The van der Waals surface area contributed by atoms with Gasteiger partial charge in [0.2, 0.25) is 0 Å². The van der Waals surface area contributed by atoms with Crippen LogP contribution in [0.4, 0.5) is 0 Å². The zero-order valence-corrected chi connectivity index (χ0v) is 10.0. The molecule has 3 nitrogen and oxygen atoms in total. The Labute approximate surface area is 98.4 Å². The maximum atomic E-state index is 9.41. The zero-order valence-electron chi connectivity index (χ0n) is 9.23. The SMILES string of the molecule is Cc1cc(O)cc(OCc2cnc(C)s2)c1. The first-order chi connectivity index (χ1) is 7.63. The van der Waals surface area contributed by atoms with Crippen LogP contribution in [0.3, 0.4) is 0 Å². The standard InChI is InChI=1S/C12H13NO2S/c1-8-3-10(14)5-11(4-8)15-7-12-6-13-9(2)16-12/h3-6,14H,7H2,1-2H3. The fourth-order valence-electron chi connectivity index (χ4n) is 1.44. The van der Waals surface area contributed by atoms with Gasteiger partial charge in [-0.3, -0.25) is 0 Å². The Morgan fingerprint density at radius 2 is 2.12 bits per heavy atom. The fourth-order valence-corrected chi connectivity index (χ4v) is 2.15. The number of aromatic nitrogens is 1. The van der Waals surface area contributed by atoms with Crippen molar-refractivity contribution in [2.24, 2.45) is 0 Å². The number of hydrogen-bond acceptors (Lipinski definition) is 4. The summed E-state index contributed by atoms with van der Waals surface area (Å²) in [7, 11) is 0. The number of rotatable bonds is 3. The van der Waals surface area contributed by atoms with Gasteiger partial charge < -0.3 is 9.84 Å². The zero-order chi connectivity index (χ0) is 11.5. The normalized spacial score (nSPS) is 10.4. The first-order valence-electron chi connectivity index (χ1n) is 4.98. The molecule has 1 N–H and O–H groups in total. The predicted molar refractivity (Wildman–Crippen MR) is 64.0 cm³/mol. The predicted octanol–water partition coefficient (Wildman–Crippen LogP) is 3.04. The van der Waals surface area contributed by atoms with E-state index in [1.165, 1.54) is 0 Å². The Morgan fingerprint density at radius 1 is 1.31 bits per heavy atom. The van der Waals surface area contributed by atoms with Gasteiger partial charge in [-0.1, -0.05) is 0 Å². The maximum Gasteiger partial charge on any atom is 0.124 e. The molecule has 0 spiro atoms. The summed E-state index contributed by atoms with van der Waals surface area (Å²) < 4.78 is 5.58. The number of ether oxygens (including phenoxy) is 1. The molecule has 0 saturated heterocycles. The highest BCUT2D eigenvalue weighted by atomic mass is 32.1. The highest BCUT2D eigenvalue weighted by Crippen LogP contribution is 2.22. The van der Waals surface area contributed by atoms with Gasteiger partial charge in [0, 0.05) is 12.3 Å². The van der Waals surface area contributed by atoms with Crippen LogP contribution in [-0.4, -0.2) is 10.1 Å². The van der Waals surface area contributed by atoms with Crippen LogP contribution in [-0.2, 0) is 6.61 Å². The monoisotopic (exact) mass is 235 g/mol. The molecular weight excluding hydrogens is 222 g/mol. The summed E-state index contributed by atoms with van der Waals surface area (Å²) in [6.45, 7) is 4.38. The van der Waals surface area contributed by atoms with Gasteiger partial charge in [0.25, 0.3) is 0 Å². The minimum Gasteiger partial charge on any atom is -0.508 e. The van der Waals surface area contributed by atoms with Crippen molar-refractivity contribution in [1.29, 1.82) is 0 Å². The number of benzene rings is 1. The lowest BCUT2D eigenvalue weighted by molar-refractivity contribution is 0.307. The van der Waals surface area contributed by atoms with Gasteiger partial charge in [0.15, 0.2) is 0 Å². The number of phenolic OH excluding ortho intramolecular Hbond substituents is 1. The first kappa shape index (κ1) is 11.0. The third-order valence-corrected chi connectivity index (χ3v) is 2.97. The van der Waals surface area contributed by atoms with E-state index in [-0.39, 0.29) is 5.75 Å². The second-order valence-corrected chi connectivity index (χ2v) is 4.96. The van der Waals surface area contributed by atoms with E-state index in [2.05, 4.69) is 4.98 Å². The Hall–Kier alpha value is -1.55. The van der Waals surface area contributed by atoms with Gasteiger partial charge in [-0.25, -0.2) is 4.98 Å². The van der Waals surface area contributed by atoms with E-state index < -0.39 is 0 Å². The molecule has 0 aliphatic rings. The van der Waals surface area contributed by atoms with Crippen LogP contribution in [0.25, 0.3) is 0 Å². The lowest BCUT2D eigenvalue weighted by Crippen LogP contribution is -1.93. The highest BCUT2D eigenvalue weighted by molar-refractivity contribution is 7.11. The molecule has 4 heteroatoms. The van der Waals surface area contributed by atoms with Crippen LogP contribution in [0.5, 0.6) is 11.5 Å². The van der Waals surface area contributed by atoms with Crippen LogP contribution in [0.1, 0.15) is 15.4 Å². The smallest absolute Gasteiger partial charge is 0.124 e. The first-order valence-corrected chi connectivity index (χ1v) is 5.80. The number of aryl methyl sites for hydroxylation is 2. The summed E-state index contributed by atoms with van der Waals surface area (Å²) in [6.07, 6.45) is 1.82. The van der Waals surface area contributed by atoms with Gasteiger partial charge >= 0.3 is 0 Å². The van der Waals surface area contributed by atoms with E-state index in [0.717, 1.165) is 15.4 Å². The highest BCUT2D eigenvalue weighted by Gasteiger charge is 2.01. The van der Waals surface area contributed by atoms with E-state index in [0.29, 0.717) is 12.4 Å². The van der Waals surface area contributed by atoms with Crippen molar-refractivity contribution in [2.45, 2.75) is 20.5 Å². The van der Waals surface area contributed by atoms with E-state index in [4.69, 9.17) is 4.74 Å². The van der Waals surface area contributed by atoms with Crippen LogP contribution in [0.15, 0.2) is 24.4 Å². The summed E-state index contributed by atoms with van der Waals surface area (Å²) in [5, 5.41) is 10.4. The molecule has 0 saturated carbocycles. The van der Waals surface area contributed by atoms with Crippen LogP contribution < -0.4 is 4.74 Å². The molecule has 16 heavy (non-hydrogen) atoms. The third kappa shape index (κ3) is 2.73. The second-order valence-electron chi connectivity index (χ2n) is 3.64. The molecule has 0 atom stereocenters. The van der Waals surface area contributed by atoms with Crippen molar-refractivity contribution in [3.63, 3.8) is 0 Å². The number of nitrogens with zero attached hydrogens (tertiary/aromatic N) is 1. The Morgan fingerprint density at radius 3 is 2.75 bits per heavy atom. The Balaban J connectivity index is 2.04. The van der Waals surface area contributed by atoms with Crippen molar-refractivity contribution < 1.29 is 9.84 Å². The van der Waals surface area contributed by atoms with E-state index >= 15 is 0 Å². The molecule has 0 aliphatic heterocycles. The lowest BCUT2D eigenvalue weighted by Gasteiger charge is -2.05. The van der Waals surface area contributed by atoms with Crippen LogP contribution in [0, 0.1) is 13.8 Å². The van der Waals surface area contributed by atoms with E-state index in [1.54, 1.807) is 23.5 Å². The molecule has 1 aromatic carbocycles. The third-order valence-electron chi connectivity index (χ3n) is 2.09. The molecule has 0 fully saturated rings. The summed E-state index contributed by atoms with van der Waals surface area (Å²) >= 11 is 1.62. The van der Waals surface area contributed by atoms with E-state index in [9.17, 15) is 5.11 Å². The molecule has 2 rings (SSSR count). The molecule has 2 aromatic rings. The van der Waals surface area contributed by atoms with Crippen molar-refractivity contribution in [1.82, 2.24) is 4.98 Å². The second kappa shape index (κ2) is 4.53. The summed E-state index contributed by atoms with van der Waals surface area (Å²) in [4.78, 5) is 5.24. The number of phenols is 1. The average molecular weight is 235 g/mol. The van der Waals surface area contributed by atoms with Gasteiger partial charge in [-0.15, -0.1) is 11.3 Å². The van der Waals surface area contributed by atoms with Crippen LogP contribution >= 0.6 is 11.3 Å². The van der Waals surface area contributed by atoms with Crippen molar-refractivity contribution in [2.75, 3.05) is 0 Å². The average Bonchev–Trinajstić information content (AvgIpc) is 2.60. The summed E-state index contributed by atoms with van der Waals surface area (Å²) in [6, 6.07) is 5.21. The molecule has 0 radical (unpaired) electrons. The molecule has 0 aliphatic carbocycles. The van der Waals surface area contributed by atoms with E-state index in [1.807, 2.05) is 26.1 Å². The molecule has 1 aromatic heterocycles. The number of hydrogen-bond donors (Lipinski definition) is 1. The van der Waals surface area contributed by atoms with Crippen LogP contribution in [0.2, 0.25) is 0 Å². The molecular formula is C12H13NO2S. The Bertz CT molecular complexity index is 473. The molecule has 84 valence electrons. The van der Waals surface area contributed by atoms with Gasteiger partial charge in [-0.05, 0) is 31.5 Å². The number of aromatic hydroxyl groups is 1. The molecule has 0 amide bonds. The lowest BCUT2D eigenvalue weighted by atomic mass is 10.2. The maximum absolute atomic E-state index is 9.41. The summed E-state index contributed by atoms with van der Waals surface area (Å²) in [5.41, 5.74) is 0.982. The molecule has 0 unspecified atom stereocenters. The van der Waals surface area contributed by atoms with Gasteiger partial charge in [0.05, 0.1) is 9.88 Å². The Kier molecular flexibility index (Phi) is 3.10. The van der Waals surface area contributed by atoms with Crippen molar-refractivity contribution in [3.05, 3.63) is 39.8 Å². The van der Waals surface area contributed by atoms with Crippen molar-refractivity contribution >= 4 is 11.3 Å². The minimum absolute atomic E-state index is 0.232. The molecule has 0 bridgehead atoms.